The van der Waals surface area contributed by atoms with Crippen LogP contribution in [0.3, 0.4) is 0 Å². The summed E-state index contributed by atoms with van der Waals surface area (Å²) in [7, 11) is 0. The number of rotatable bonds is 4. The molecule has 0 aliphatic heterocycles. The average molecular weight is 248 g/mol. The van der Waals surface area contributed by atoms with Gasteiger partial charge in [-0.25, -0.2) is 0 Å². The summed E-state index contributed by atoms with van der Waals surface area (Å²) in [4.78, 5) is 24.4. The van der Waals surface area contributed by atoms with Crippen LogP contribution in [0.5, 0.6) is 0 Å². The van der Waals surface area contributed by atoms with Gasteiger partial charge in [0.15, 0.2) is 0 Å². The lowest BCUT2D eigenvalue weighted by molar-refractivity contribution is -0.146. The van der Waals surface area contributed by atoms with Gasteiger partial charge in [-0.1, -0.05) is 13.8 Å². The first-order valence-corrected chi connectivity index (χ1v) is 7.54. The monoisotopic (exact) mass is 248 g/mol. The molecular formula is C16H24O2. The molecular weight excluding hydrogens is 224 g/mol. The van der Waals surface area contributed by atoms with Gasteiger partial charge in [0.25, 0.3) is 0 Å². The second-order valence-corrected chi connectivity index (χ2v) is 7.42. The Morgan fingerprint density at radius 2 is 1.44 bits per heavy atom. The zero-order valence-corrected chi connectivity index (χ0v) is 11.6. The SMILES string of the molecule is CC(C)C(=O)CC(=O)C12CC3CC(CC(C3)C1)C2. The number of Topliss-reactive ketones (excluding diaryl/α,β-unsaturated/α-hetero) is 2. The van der Waals surface area contributed by atoms with Crippen molar-refractivity contribution >= 4 is 11.6 Å². The minimum atomic E-state index is -0.0840. The molecule has 0 N–H and O–H groups in total. The van der Waals surface area contributed by atoms with Gasteiger partial charge in [-0.15, -0.1) is 0 Å². The fourth-order valence-corrected chi connectivity index (χ4v) is 5.00. The summed E-state index contributed by atoms with van der Waals surface area (Å²) in [5.74, 6) is 2.77. The summed E-state index contributed by atoms with van der Waals surface area (Å²) in [6.45, 7) is 3.80. The van der Waals surface area contributed by atoms with Gasteiger partial charge < -0.3 is 0 Å². The third-order valence-corrected chi connectivity index (χ3v) is 5.61. The molecule has 0 saturated heterocycles. The Morgan fingerprint density at radius 1 is 1.00 bits per heavy atom. The van der Waals surface area contributed by atoms with E-state index in [-0.39, 0.29) is 29.3 Å². The van der Waals surface area contributed by atoms with Crippen LogP contribution in [0.2, 0.25) is 0 Å². The molecule has 0 heterocycles. The third kappa shape index (κ3) is 1.94. The molecule has 4 aliphatic carbocycles. The average Bonchev–Trinajstić information content (AvgIpc) is 2.26. The molecule has 4 fully saturated rings. The van der Waals surface area contributed by atoms with Crippen LogP contribution in [0, 0.1) is 29.1 Å². The minimum absolute atomic E-state index is 0.00265. The zero-order valence-electron chi connectivity index (χ0n) is 11.6. The van der Waals surface area contributed by atoms with E-state index in [9.17, 15) is 9.59 Å². The van der Waals surface area contributed by atoms with Crippen LogP contribution >= 0.6 is 0 Å². The van der Waals surface area contributed by atoms with Crippen molar-refractivity contribution in [2.45, 2.75) is 58.8 Å². The van der Waals surface area contributed by atoms with Crippen molar-refractivity contribution in [3.8, 4) is 0 Å². The Balaban J connectivity index is 1.75. The zero-order chi connectivity index (χ0) is 12.9. The van der Waals surface area contributed by atoms with Gasteiger partial charge in [0.1, 0.15) is 11.6 Å². The maximum Gasteiger partial charge on any atom is 0.146 e. The highest BCUT2D eigenvalue weighted by Crippen LogP contribution is 2.60. The molecule has 4 aliphatic rings. The molecule has 2 heteroatoms. The van der Waals surface area contributed by atoms with E-state index in [1.165, 1.54) is 19.3 Å². The Labute approximate surface area is 110 Å². The van der Waals surface area contributed by atoms with Gasteiger partial charge in [0.05, 0.1) is 6.42 Å². The topological polar surface area (TPSA) is 34.1 Å². The molecule has 4 rings (SSSR count). The summed E-state index contributed by atoms with van der Waals surface area (Å²) >= 11 is 0. The molecule has 2 nitrogen and oxygen atoms in total. The molecule has 100 valence electrons. The van der Waals surface area contributed by atoms with Crippen LogP contribution in [0.1, 0.15) is 58.8 Å². The summed E-state index contributed by atoms with van der Waals surface area (Å²) in [6, 6.07) is 0. The molecule has 4 bridgehead atoms. The first-order chi connectivity index (χ1) is 8.48. The highest BCUT2D eigenvalue weighted by Gasteiger charge is 2.54. The maximum absolute atomic E-state index is 12.6. The number of ketones is 2. The lowest BCUT2D eigenvalue weighted by Gasteiger charge is -2.56. The first-order valence-electron chi connectivity index (χ1n) is 7.54. The van der Waals surface area contributed by atoms with E-state index in [0.717, 1.165) is 37.0 Å². The summed E-state index contributed by atoms with van der Waals surface area (Å²) in [5.41, 5.74) is -0.0840. The molecule has 18 heavy (non-hydrogen) atoms. The third-order valence-electron chi connectivity index (χ3n) is 5.61. The highest BCUT2D eigenvalue weighted by molar-refractivity contribution is 6.02. The van der Waals surface area contributed by atoms with Crippen LogP contribution in [-0.2, 0) is 9.59 Å². The van der Waals surface area contributed by atoms with Crippen LogP contribution < -0.4 is 0 Å². The molecule has 0 radical (unpaired) electrons. The molecule has 0 spiro atoms. The Bertz CT molecular complexity index is 345. The van der Waals surface area contributed by atoms with Crippen molar-refractivity contribution < 1.29 is 9.59 Å². The maximum atomic E-state index is 12.6. The van der Waals surface area contributed by atoms with Crippen molar-refractivity contribution in [3.05, 3.63) is 0 Å². The van der Waals surface area contributed by atoms with Crippen LogP contribution in [0.25, 0.3) is 0 Å². The predicted molar refractivity (Wildman–Crippen MR) is 70.1 cm³/mol. The number of hydrogen-bond donors (Lipinski definition) is 0. The van der Waals surface area contributed by atoms with Gasteiger partial charge in [0, 0.05) is 11.3 Å². The molecule has 0 amide bonds. The lowest BCUT2D eigenvalue weighted by atomic mass is 9.48. The Hall–Kier alpha value is -0.660. The molecule has 0 aromatic heterocycles. The van der Waals surface area contributed by atoms with Crippen molar-refractivity contribution in [1.29, 1.82) is 0 Å². The first kappa shape index (κ1) is 12.4. The molecule has 0 unspecified atom stereocenters. The fourth-order valence-electron chi connectivity index (χ4n) is 5.00. The van der Waals surface area contributed by atoms with Gasteiger partial charge in [-0.2, -0.15) is 0 Å². The number of hydrogen-bond acceptors (Lipinski definition) is 2. The van der Waals surface area contributed by atoms with Gasteiger partial charge in [-0.3, -0.25) is 9.59 Å². The largest absolute Gasteiger partial charge is 0.299 e. The molecule has 0 atom stereocenters. The quantitative estimate of drug-likeness (QED) is 0.715. The number of carbonyl (C=O) groups excluding carboxylic acids is 2. The van der Waals surface area contributed by atoms with E-state index in [1.54, 1.807) is 0 Å². The Morgan fingerprint density at radius 3 is 1.83 bits per heavy atom. The van der Waals surface area contributed by atoms with Crippen LogP contribution in [-0.4, -0.2) is 11.6 Å². The van der Waals surface area contributed by atoms with Crippen LogP contribution in [0.4, 0.5) is 0 Å². The normalized spacial score (nSPS) is 41.4. The lowest BCUT2D eigenvalue weighted by Crippen LogP contribution is -2.50. The Kier molecular flexibility index (Phi) is 2.87. The van der Waals surface area contributed by atoms with Crippen molar-refractivity contribution in [2.75, 3.05) is 0 Å². The van der Waals surface area contributed by atoms with E-state index >= 15 is 0 Å². The molecule has 4 saturated carbocycles. The second kappa shape index (κ2) is 4.18. The highest BCUT2D eigenvalue weighted by atomic mass is 16.1. The van der Waals surface area contributed by atoms with E-state index in [0.29, 0.717) is 0 Å². The van der Waals surface area contributed by atoms with Crippen molar-refractivity contribution in [1.82, 2.24) is 0 Å². The predicted octanol–water partition coefficient (Wildman–Crippen LogP) is 3.39. The standard InChI is InChI=1S/C16H24O2/c1-10(2)14(17)6-15(18)16-7-11-3-12(8-16)5-13(4-11)9-16/h10-13H,3-9H2,1-2H3. The summed E-state index contributed by atoms with van der Waals surface area (Å²) in [5, 5.41) is 0. The van der Waals surface area contributed by atoms with Crippen molar-refractivity contribution in [2.24, 2.45) is 29.1 Å². The van der Waals surface area contributed by atoms with E-state index in [1.807, 2.05) is 13.8 Å². The smallest absolute Gasteiger partial charge is 0.146 e. The summed E-state index contributed by atoms with van der Waals surface area (Å²) in [6.07, 6.45) is 7.51. The van der Waals surface area contributed by atoms with Crippen LogP contribution in [0.15, 0.2) is 0 Å². The van der Waals surface area contributed by atoms with E-state index in [4.69, 9.17) is 0 Å². The minimum Gasteiger partial charge on any atom is -0.299 e. The fraction of sp³-hybridized carbons (Fsp3) is 0.875. The van der Waals surface area contributed by atoms with Gasteiger partial charge >= 0.3 is 0 Å². The van der Waals surface area contributed by atoms with E-state index in [2.05, 4.69) is 0 Å². The second-order valence-electron chi connectivity index (χ2n) is 7.42. The van der Waals surface area contributed by atoms with E-state index < -0.39 is 0 Å². The van der Waals surface area contributed by atoms with Gasteiger partial charge in [-0.05, 0) is 56.3 Å². The summed E-state index contributed by atoms with van der Waals surface area (Å²) < 4.78 is 0. The number of carbonyl (C=O) groups is 2. The van der Waals surface area contributed by atoms with Gasteiger partial charge in [0.2, 0.25) is 0 Å². The molecule has 0 aromatic rings. The van der Waals surface area contributed by atoms with Crippen molar-refractivity contribution in [3.63, 3.8) is 0 Å². The molecule has 0 aromatic carbocycles.